The smallest absolute Gasteiger partial charge is 0.407 e. The normalized spacial score (nSPS) is 18.6. The molecule has 1 aliphatic rings. The molecule has 0 bridgehead atoms. The van der Waals surface area contributed by atoms with Crippen LogP contribution >= 0.6 is 15.9 Å². The zero-order chi connectivity index (χ0) is 14.5. The molecule has 0 aliphatic carbocycles. The summed E-state index contributed by atoms with van der Waals surface area (Å²) in [5.74, 6) is -0.0744. The molecule has 20 heavy (non-hydrogen) atoms. The van der Waals surface area contributed by atoms with Crippen molar-refractivity contribution in [3.05, 3.63) is 28.5 Å². The second kappa shape index (κ2) is 6.69. The molecular formula is C13H16BrN3O3. The summed E-state index contributed by atoms with van der Waals surface area (Å²) in [6, 6.07) is 5.14. The van der Waals surface area contributed by atoms with Gasteiger partial charge in [0.15, 0.2) is 0 Å². The summed E-state index contributed by atoms with van der Waals surface area (Å²) in [6.07, 6.45) is 0.868. The van der Waals surface area contributed by atoms with E-state index in [1.54, 1.807) is 18.2 Å². The van der Waals surface area contributed by atoms with Gasteiger partial charge in [0.2, 0.25) is 0 Å². The van der Waals surface area contributed by atoms with Gasteiger partial charge in [0.1, 0.15) is 10.3 Å². The molecule has 0 radical (unpaired) electrons. The van der Waals surface area contributed by atoms with Crippen LogP contribution in [0.4, 0.5) is 4.79 Å². The number of likely N-dealkylation sites (tertiary alicyclic amines) is 1. The average molecular weight is 342 g/mol. The van der Waals surface area contributed by atoms with Crippen molar-refractivity contribution in [3.63, 3.8) is 0 Å². The van der Waals surface area contributed by atoms with Gasteiger partial charge < -0.3 is 15.3 Å². The van der Waals surface area contributed by atoms with Crippen molar-refractivity contribution in [1.82, 2.24) is 15.2 Å². The Labute approximate surface area is 125 Å². The van der Waals surface area contributed by atoms with Crippen LogP contribution in [0.2, 0.25) is 0 Å². The van der Waals surface area contributed by atoms with Gasteiger partial charge in [-0.25, -0.2) is 9.78 Å². The molecule has 0 aromatic carbocycles. The number of nitrogens with zero attached hydrogens (tertiary/aromatic N) is 2. The van der Waals surface area contributed by atoms with Gasteiger partial charge in [-0.15, -0.1) is 0 Å². The summed E-state index contributed by atoms with van der Waals surface area (Å²) in [4.78, 5) is 28.3. The van der Waals surface area contributed by atoms with E-state index in [2.05, 4.69) is 26.2 Å². The number of hydrogen-bond donors (Lipinski definition) is 2. The predicted octanol–water partition coefficient (Wildman–Crippen LogP) is 1.96. The Hall–Kier alpha value is -1.63. The van der Waals surface area contributed by atoms with Gasteiger partial charge in [-0.2, -0.15) is 0 Å². The van der Waals surface area contributed by atoms with Crippen LogP contribution in [0.1, 0.15) is 23.3 Å². The Kier molecular flexibility index (Phi) is 4.94. The lowest BCUT2D eigenvalue weighted by Crippen LogP contribution is -2.43. The highest BCUT2D eigenvalue weighted by atomic mass is 79.9. The van der Waals surface area contributed by atoms with Crippen LogP contribution in [-0.4, -0.2) is 46.6 Å². The molecule has 0 spiro atoms. The number of piperidine rings is 1. The first kappa shape index (κ1) is 14.8. The third-order valence-corrected chi connectivity index (χ3v) is 3.73. The lowest BCUT2D eigenvalue weighted by molar-refractivity contribution is 0.0923. The maximum Gasteiger partial charge on any atom is 0.407 e. The van der Waals surface area contributed by atoms with Gasteiger partial charge >= 0.3 is 6.09 Å². The molecule has 1 aliphatic heterocycles. The van der Waals surface area contributed by atoms with Gasteiger partial charge in [-0.05, 0) is 46.8 Å². The van der Waals surface area contributed by atoms with E-state index in [4.69, 9.17) is 5.11 Å². The molecule has 108 valence electrons. The Balaban J connectivity index is 1.85. The molecule has 2 heterocycles. The number of halogens is 1. The SMILES string of the molecule is O=C(NCC1CCCN(C(=O)O)C1)c1cccc(Br)n1. The van der Waals surface area contributed by atoms with Crippen molar-refractivity contribution >= 4 is 27.9 Å². The highest BCUT2D eigenvalue weighted by Crippen LogP contribution is 2.16. The quantitative estimate of drug-likeness (QED) is 0.823. The second-order valence-electron chi connectivity index (χ2n) is 4.79. The molecule has 2 rings (SSSR count). The number of hydrogen-bond acceptors (Lipinski definition) is 3. The number of nitrogens with one attached hydrogen (secondary N) is 1. The number of rotatable bonds is 3. The van der Waals surface area contributed by atoms with Crippen molar-refractivity contribution in [3.8, 4) is 0 Å². The third kappa shape index (κ3) is 3.93. The van der Waals surface area contributed by atoms with Crippen molar-refractivity contribution in [2.24, 2.45) is 5.92 Å². The first-order valence-corrected chi connectivity index (χ1v) is 7.24. The first-order chi connectivity index (χ1) is 9.56. The lowest BCUT2D eigenvalue weighted by atomic mass is 9.98. The van der Waals surface area contributed by atoms with Crippen LogP contribution in [0.3, 0.4) is 0 Å². The molecule has 7 heteroatoms. The maximum atomic E-state index is 11.9. The maximum absolute atomic E-state index is 11.9. The molecular weight excluding hydrogens is 326 g/mol. The van der Waals surface area contributed by atoms with Crippen LogP contribution in [0.5, 0.6) is 0 Å². The number of carboxylic acid groups (broad SMARTS) is 1. The predicted molar refractivity (Wildman–Crippen MR) is 76.6 cm³/mol. The number of amides is 2. The molecule has 2 amide bonds. The van der Waals surface area contributed by atoms with E-state index in [1.807, 2.05) is 0 Å². The molecule has 6 nitrogen and oxygen atoms in total. The Morgan fingerprint density at radius 1 is 1.50 bits per heavy atom. The van der Waals surface area contributed by atoms with Gasteiger partial charge in [0, 0.05) is 19.6 Å². The van der Waals surface area contributed by atoms with Crippen LogP contribution in [0, 0.1) is 5.92 Å². The standard InChI is InChI=1S/C13H16BrN3O3/c14-11-5-1-4-10(16-11)12(18)15-7-9-3-2-6-17(8-9)13(19)20/h1,4-5,9H,2-3,6-8H2,(H,15,18)(H,19,20). The molecule has 1 unspecified atom stereocenters. The summed E-state index contributed by atoms with van der Waals surface area (Å²) in [7, 11) is 0. The van der Waals surface area contributed by atoms with Gasteiger partial charge in [0.05, 0.1) is 0 Å². The highest BCUT2D eigenvalue weighted by molar-refractivity contribution is 9.10. The van der Waals surface area contributed by atoms with Crippen molar-refractivity contribution in [2.75, 3.05) is 19.6 Å². The van der Waals surface area contributed by atoms with E-state index >= 15 is 0 Å². The number of carbonyl (C=O) groups excluding carboxylic acids is 1. The van der Waals surface area contributed by atoms with Gasteiger partial charge in [0.25, 0.3) is 5.91 Å². The largest absolute Gasteiger partial charge is 0.465 e. The van der Waals surface area contributed by atoms with Crippen LogP contribution in [-0.2, 0) is 0 Å². The summed E-state index contributed by atoms with van der Waals surface area (Å²) in [5.41, 5.74) is 0.352. The monoisotopic (exact) mass is 341 g/mol. The molecule has 1 aromatic heterocycles. The van der Waals surface area contributed by atoms with E-state index in [0.717, 1.165) is 12.8 Å². The van der Waals surface area contributed by atoms with Crippen molar-refractivity contribution < 1.29 is 14.7 Å². The summed E-state index contributed by atoms with van der Waals surface area (Å²) in [6.45, 7) is 1.52. The Bertz CT molecular complexity index is 509. The van der Waals surface area contributed by atoms with Gasteiger partial charge in [-0.3, -0.25) is 4.79 Å². The minimum Gasteiger partial charge on any atom is -0.465 e. The lowest BCUT2D eigenvalue weighted by Gasteiger charge is -2.30. The number of aromatic nitrogens is 1. The number of pyridine rings is 1. The molecule has 1 saturated heterocycles. The van der Waals surface area contributed by atoms with Crippen LogP contribution in [0.15, 0.2) is 22.8 Å². The van der Waals surface area contributed by atoms with E-state index in [9.17, 15) is 9.59 Å². The zero-order valence-corrected chi connectivity index (χ0v) is 12.5. The van der Waals surface area contributed by atoms with Crippen molar-refractivity contribution in [1.29, 1.82) is 0 Å². The zero-order valence-electron chi connectivity index (χ0n) is 10.9. The van der Waals surface area contributed by atoms with E-state index < -0.39 is 6.09 Å². The van der Waals surface area contributed by atoms with E-state index in [0.29, 0.717) is 29.9 Å². The fourth-order valence-corrected chi connectivity index (χ4v) is 2.61. The minimum atomic E-state index is -0.894. The average Bonchev–Trinajstić information content (AvgIpc) is 2.45. The molecule has 1 atom stereocenters. The second-order valence-corrected chi connectivity index (χ2v) is 5.60. The molecule has 0 saturated carbocycles. The van der Waals surface area contributed by atoms with E-state index in [1.165, 1.54) is 4.90 Å². The van der Waals surface area contributed by atoms with Crippen molar-refractivity contribution in [2.45, 2.75) is 12.8 Å². The fourth-order valence-electron chi connectivity index (χ4n) is 2.27. The summed E-state index contributed by atoms with van der Waals surface area (Å²) in [5, 5.41) is 11.8. The Morgan fingerprint density at radius 2 is 2.30 bits per heavy atom. The first-order valence-electron chi connectivity index (χ1n) is 6.45. The minimum absolute atomic E-state index is 0.163. The van der Waals surface area contributed by atoms with E-state index in [-0.39, 0.29) is 11.8 Å². The van der Waals surface area contributed by atoms with Gasteiger partial charge in [-0.1, -0.05) is 6.07 Å². The third-order valence-electron chi connectivity index (χ3n) is 3.29. The number of carbonyl (C=O) groups is 2. The summed E-state index contributed by atoms with van der Waals surface area (Å²) >= 11 is 3.22. The Morgan fingerprint density at radius 3 is 3.00 bits per heavy atom. The van der Waals surface area contributed by atoms with Crippen LogP contribution < -0.4 is 5.32 Å². The fraction of sp³-hybridized carbons (Fsp3) is 0.462. The topological polar surface area (TPSA) is 82.5 Å². The molecule has 1 fully saturated rings. The molecule has 1 aromatic rings. The van der Waals surface area contributed by atoms with Crippen LogP contribution in [0.25, 0.3) is 0 Å². The highest BCUT2D eigenvalue weighted by Gasteiger charge is 2.23. The molecule has 2 N–H and O–H groups in total. The summed E-state index contributed by atoms with van der Waals surface area (Å²) < 4.78 is 0.611.